The molecule has 0 saturated heterocycles. The first-order valence-corrected chi connectivity index (χ1v) is 8.33. The highest BCUT2D eigenvalue weighted by Gasteiger charge is 2.27. The van der Waals surface area contributed by atoms with E-state index >= 15 is 0 Å². The average Bonchev–Trinajstić information content (AvgIpc) is 2.91. The van der Waals surface area contributed by atoms with E-state index in [9.17, 15) is 14.4 Å². The standard InChI is InChI=1S/C16H16N4O3S/c1-9-8-24-16(17-9)20-13(21)7-6-12-15(23)18-11-5-3-2-4-10(11)14(22)19-12/h2-5,8,12H,6-7H2,1H3,(H,18,23)(H,19,22)(H,17,20,21)/t12-/m0/s1. The molecule has 2 aromatic rings. The van der Waals surface area contributed by atoms with Crippen molar-refractivity contribution in [3.63, 3.8) is 0 Å². The number of carbonyl (C=O) groups is 3. The molecule has 24 heavy (non-hydrogen) atoms. The van der Waals surface area contributed by atoms with Crippen molar-refractivity contribution in [3.8, 4) is 0 Å². The zero-order chi connectivity index (χ0) is 17.1. The number of amides is 3. The van der Waals surface area contributed by atoms with Crippen molar-refractivity contribution in [1.82, 2.24) is 10.3 Å². The molecule has 0 spiro atoms. The number of nitrogens with zero attached hydrogens (tertiary/aromatic N) is 1. The normalized spacial score (nSPS) is 16.6. The van der Waals surface area contributed by atoms with E-state index in [1.807, 2.05) is 12.3 Å². The van der Waals surface area contributed by atoms with Gasteiger partial charge in [-0.05, 0) is 25.5 Å². The third-order valence-corrected chi connectivity index (χ3v) is 4.45. The highest BCUT2D eigenvalue weighted by molar-refractivity contribution is 7.13. The Morgan fingerprint density at radius 2 is 2.12 bits per heavy atom. The first kappa shape index (κ1) is 16.1. The van der Waals surface area contributed by atoms with Crippen molar-refractivity contribution in [2.45, 2.75) is 25.8 Å². The van der Waals surface area contributed by atoms with Crippen LogP contribution in [0.4, 0.5) is 10.8 Å². The lowest BCUT2D eigenvalue weighted by Crippen LogP contribution is -2.41. The topological polar surface area (TPSA) is 100 Å². The Bertz CT molecular complexity index is 802. The number of hydrogen-bond acceptors (Lipinski definition) is 5. The molecule has 3 rings (SSSR count). The van der Waals surface area contributed by atoms with E-state index in [2.05, 4.69) is 20.9 Å². The maximum Gasteiger partial charge on any atom is 0.254 e. The molecule has 1 aliphatic heterocycles. The minimum Gasteiger partial charge on any atom is -0.340 e. The van der Waals surface area contributed by atoms with E-state index in [0.717, 1.165) is 5.69 Å². The predicted molar refractivity (Wildman–Crippen MR) is 91.0 cm³/mol. The van der Waals surface area contributed by atoms with Crippen LogP contribution >= 0.6 is 11.3 Å². The lowest BCUT2D eigenvalue weighted by molar-refractivity contribution is -0.118. The molecule has 0 radical (unpaired) electrons. The number of rotatable bonds is 4. The Morgan fingerprint density at radius 1 is 1.33 bits per heavy atom. The van der Waals surface area contributed by atoms with Gasteiger partial charge in [0, 0.05) is 11.8 Å². The van der Waals surface area contributed by atoms with Gasteiger partial charge in [0.25, 0.3) is 5.91 Å². The van der Waals surface area contributed by atoms with E-state index in [0.29, 0.717) is 16.4 Å². The fourth-order valence-electron chi connectivity index (χ4n) is 2.38. The van der Waals surface area contributed by atoms with Crippen molar-refractivity contribution >= 4 is 39.9 Å². The van der Waals surface area contributed by atoms with E-state index in [-0.39, 0.29) is 30.6 Å². The van der Waals surface area contributed by atoms with Crippen molar-refractivity contribution in [2.24, 2.45) is 0 Å². The number of benzene rings is 1. The Hall–Kier alpha value is -2.74. The van der Waals surface area contributed by atoms with Crippen LogP contribution in [-0.2, 0) is 9.59 Å². The maximum atomic E-state index is 12.2. The van der Waals surface area contributed by atoms with Gasteiger partial charge in [-0.15, -0.1) is 11.3 Å². The number of aromatic nitrogens is 1. The number of para-hydroxylation sites is 1. The van der Waals surface area contributed by atoms with Crippen LogP contribution < -0.4 is 16.0 Å². The number of thiazole rings is 1. The third-order valence-electron chi connectivity index (χ3n) is 3.58. The van der Waals surface area contributed by atoms with E-state index in [1.165, 1.54) is 11.3 Å². The average molecular weight is 344 g/mol. The van der Waals surface area contributed by atoms with Gasteiger partial charge in [0.05, 0.1) is 16.9 Å². The SMILES string of the molecule is Cc1csc(NC(=O)CC[C@@H]2NC(=O)c3ccccc3NC2=O)n1. The van der Waals surface area contributed by atoms with Crippen molar-refractivity contribution in [3.05, 3.63) is 40.9 Å². The summed E-state index contributed by atoms with van der Waals surface area (Å²) in [6.07, 6.45) is 0.315. The number of fused-ring (bicyclic) bond motifs is 1. The summed E-state index contributed by atoms with van der Waals surface area (Å²) < 4.78 is 0. The number of aryl methyl sites for hydroxylation is 1. The minimum absolute atomic E-state index is 0.105. The second-order valence-electron chi connectivity index (χ2n) is 5.44. The van der Waals surface area contributed by atoms with Gasteiger partial charge < -0.3 is 16.0 Å². The van der Waals surface area contributed by atoms with Gasteiger partial charge in [0.1, 0.15) is 6.04 Å². The lowest BCUT2D eigenvalue weighted by Gasteiger charge is -2.13. The summed E-state index contributed by atoms with van der Waals surface area (Å²) in [5, 5.41) is 10.4. The molecule has 0 aliphatic carbocycles. The molecule has 0 fully saturated rings. The summed E-state index contributed by atoms with van der Waals surface area (Å²) in [6.45, 7) is 1.84. The van der Waals surface area contributed by atoms with Crippen LogP contribution in [-0.4, -0.2) is 28.7 Å². The molecule has 7 nitrogen and oxygen atoms in total. The van der Waals surface area contributed by atoms with Gasteiger partial charge in [-0.2, -0.15) is 0 Å². The molecule has 8 heteroatoms. The number of carbonyl (C=O) groups excluding carboxylic acids is 3. The number of anilines is 2. The molecule has 124 valence electrons. The van der Waals surface area contributed by atoms with Gasteiger partial charge in [-0.25, -0.2) is 4.98 Å². The Kier molecular flexibility index (Phi) is 4.57. The first-order valence-electron chi connectivity index (χ1n) is 7.45. The second-order valence-corrected chi connectivity index (χ2v) is 6.30. The van der Waals surface area contributed by atoms with E-state index in [4.69, 9.17) is 0 Å². The van der Waals surface area contributed by atoms with Crippen molar-refractivity contribution in [1.29, 1.82) is 0 Å². The highest BCUT2D eigenvalue weighted by Crippen LogP contribution is 2.19. The zero-order valence-electron chi connectivity index (χ0n) is 13.0. The smallest absolute Gasteiger partial charge is 0.254 e. The molecule has 3 amide bonds. The highest BCUT2D eigenvalue weighted by atomic mass is 32.1. The number of nitrogens with one attached hydrogen (secondary N) is 3. The van der Waals surface area contributed by atoms with Crippen molar-refractivity contribution < 1.29 is 14.4 Å². The molecular formula is C16H16N4O3S. The second kappa shape index (κ2) is 6.79. The van der Waals surface area contributed by atoms with Crippen LogP contribution in [0.25, 0.3) is 0 Å². The van der Waals surface area contributed by atoms with Gasteiger partial charge >= 0.3 is 0 Å². The van der Waals surface area contributed by atoms with Crippen LogP contribution in [0.2, 0.25) is 0 Å². The largest absolute Gasteiger partial charge is 0.340 e. The fourth-order valence-corrected chi connectivity index (χ4v) is 3.09. The molecule has 1 aliphatic rings. The van der Waals surface area contributed by atoms with Gasteiger partial charge in [-0.1, -0.05) is 12.1 Å². The van der Waals surface area contributed by atoms with Crippen LogP contribution in [0.15, 0.2) is 29.6 Å². The lowest BCUT2D eigenvalue weighted by atomic mass is 10.1. The van der Waals surface area contributed by atoms with Crippen LogP contribution in [0, 0.1) is 6.92 Å². The zero-order valence-corrected chi connectivity index (χ0v) is 13.8. The van der Waals surface area contributed by atoms with Crippen LogP contribution in [0.5, 0.6) is 0 Å². The van der Waals surface area contributed by atoms with Crippen LogP contribution in [0.3, 0.4) is 0 Å². The summed E-state index contributed by atoms with van der Waals surface area (Å²) in [4.78, 5) is 40.5. The Morgan fingerprint density at radius 3 is 2.88 bits per heavy atom. The first-order chi connectivity index (χ1) is 11.5. The Balaban J connectivity index is 1.60. The molecule has 1 aromatic heterocycles. The summed E-state index contributed by atoms with van der Waals surface area (Å²) in [5.74, 6) is -0.899. The third kappa shape index (κ3) is 3.60. The summed E-state index contributed by atoms with van der Waals surface area (Å²) in [5.41, 5.74) is 1.73. The van der Waals surface area contributed by atoms with E-state index < -0.39 is 6.04 Å². The maximum absolute atomic E-state index is 12.2. The quantitative estimate of drug-likeness (QED) is 0.789. The molecule has 1 aromatic carbocycles. The predicted octanol–water partition coefficient (Wildman–Crippen LogP) is 1.92. The molecule has 2 heterocycles. The van der Waals surface area contributed by atoms with Gasteiger partial charge in [0.15, 0.2) is 5.13 Å². The fraction of sp³-hybridized carbons (Fsp3) is 0.250. The molecule has 0 bridgehead atoms. The molecule has 0 saturated carbocycles. The van der Waals surface area contributed by atoms with Crippen LogP contribution in [0.1, 0.15) is 28.9 Å². The summed E-state index contributed by atoms with van der Waals surface area (Å²) in [7, 11) is 0. The summed E-state index contributed by atoms with van der Waals surface area (Å²) >= 11 is 1.34. The molecule has 0 unspecified atom stereocenters. The minimum atomic E-state index is -0.756. The Labute approximate surface area is 142 Å². The van der Waals surface area contributed by atoms with Gasteiger partial charge in [0.2, 0.25) is 11.8 Å². The number of hydrogen-bond donors (Lipinski definition) is 3. The monoisotopic (exact) mass is 344 g/mol. The molecule has 1 atom stereocenters. The van der Waals surface area contributed by atoms with E-state index in [1.54, 1.807) is 24.3 Å². The van der Waals surface area contributed by atoms with Gasteiger partial charge in [-0.3, -0.25) is 14.4 Å². The molecule has 3 N–H and O–H groups in total. The molecular weight excluding hydrogens is 328 g/mol. The van der Waals surface area contributed by atoms with Crippen molar-refractivity contribution in [2.75, 3.05) is 10.6 Å². The summed E-state index contributed by atoms with van der Waals surface area (Å²) in [6, 6.07) is 6.04.